The second kappa shape index (κ2) is 6.00. The van der Waals surface area contributed by atoms with E-state index in [-0.39, 0.29) is 11.7 Å². The van der Waals surface area contributed by atoms with Crippen molar-refractivity contribution in [3.05, 3.63) is 53.6 Å². The van der Waals surface area contributed by atoms with Gasteiger partial charge in [0.2, 0.25) is 0 Å². The molecule has 6 nitrogen and oxygen atoms in total. The van der Waals surface area contributed by atoms with E-state index in [9.17, 15) is 14.7 Å². The van der Waals surface area contributed by atoms with Crippen molar-refractivity contribution in [1.82, 2.24) is 0 Å². The van der Waals surface area contributed by atoms with Gasteiger partial charge in [-0.2, -0.15) is 0 Å². The Kier molecular flexibility index (Phi) is 3.89. The van der Waals surface area contributed by atoms with E-state index in [2.05, 4.69) is 5.32 Å². The maximum absolute atomic E-state index is 12.4. The molecule has 1 aliphatic heterocycles. The number of nitrogens with zero attached hydrogens (tertiary/aromatic N) is 1. The van der Waals surface area contributed by atoms with Crippen molar-refractivity contribution in [2.45, 2.75) is 6.92 Å². The first-order valence-corrected chi connectivity index (χ1v) is 7.20. The van der Waals surface area contributed by atoms with E-state index in [0.717, 1.165) is 5.56 Å². The van der Waals surface area contributed by atoms with Crippen LogP contribution in [0.1, 0.15) is 15.9 Å². The van der Waals surface area contributed by atoms with Crippen LogP contribution in [0.4, 0.5) is 16.2 Å². The van der Waals surface area contributed by atoms with Crippen LogP contribution in [0.3, 0.4) is 0 Å². The molecular weight excluding hydrogens is 296 g/mol. The number of carbonyl (C=O) groups is 2. The third kappa shape index (κ3) is 3.11. The molecule has 0 radical (unpaired) electrons. The second-order valence-corrected chi connectivity index (χ2v) is 5.29. The topological polar surface area (TPSA) is 78.9 Å². The van der Waals surface area contributed by atoms with Gasteiger partial charge in [-0.05, 0) is 42.8 Å². The summed E-state index contributed by atoms with van der Waals surface area (Å²) in [6, 6.07) is 11.7. The first-order chi connectivity index (χ1) is 11.0. The van der Waals surface area contributed by atoms with Crippen LogP contribution in [0.25, 0.3) is 0 Å². The fraction of sp³-hybridized carbons (Fsp3) is 0.176. The number of amides is 2. The molecule has 2 amide bonds. The normalized spacial score (nSPS) is 13.8. The van der Waals surface area contributed by atoms with Gasteiger partial charge in [-0.1, -0.05) is 12.1 Å². The summed E-state index contributed by atoms with van der Waals surface area (Å²) in [7, 11) is 0. The number of benzene rings is 2. The van der Waals surface area contributed by atoms with Gasteiger partial charge in [-0.3, -0.25) is 9.69 Å². The first kappa shape index (κ1) is 14.9. The zero-order valence-corrected chi connectivity index (χ0v) is 12.6. The highest BCUT2D eigenvalue weighted by molar-refractivity contribution is 6.06. The smallest absolute Gasteiger partial charge is 0.414 e. The van der Waals surface area contributed by atoms with Crippen molar-refractivity contribution in [3.63, 3.8) is 0 Å². The molecule has 0 unspecified atom stereocenters. The molecule has 1 fully saturated rings. The van der Waals surface area contributed by atoms with Crippen LogP contribution in [0.15, 0.2) is 42.5 Å². The van der Waals surface area contributed by atoms with Gasteiger partial charge in [0.05, 0.1) is 12.2 Å². The fourth-order valence-corrected chi connectivity index (χ4v) is 2.39. The largest absolute Gasteiger partial charge is 0.506 e. The van der Waals surface area contributed by atoms with Crippen LogP contribution in [-0.4, -0.2) is 30.3 Å². The predicted molar refractivity (Wildman–Crippen MR) is 85.9 cm³/mol. The molecule has 0 aromatic heterocycles. The lowest BCUT2D eigenvalue weighted by atomic mass is 10.1. The summed E-state index contributed by atoms with van der Waals surface area (Å²) in [6.45, 7) is 2.67. The van der Waals surface area contributed by atoms with Crippen LogP contribution in [0.5, 0.6) is 5.75 Å². The number of ether oxygens (including phenoxy) is 1. The standard InChI is InChI=1S/C17H16N2O4/c1-11-5-6-15(20)14(9-11)18-16(21)12-3-2-4-13(10-12)19-7-8-23-17(19)22/h2-6,9-10,20H,7-8H2,1H3,(H,18,21). The number of anilines is 2. The lowest BCUT2D eigenvalue weighted by molar-refractivity contribution is 0.102. The van der Waals surface area contributed by atoms with Crippen molar-refractivity contribution in [1.29, 1.82) is 0 Å². The van der Waals surface area contributed by atoms with Gasteiger partial charge in [-0.25, -0.2) is 4.79 Å². The SMILES string of the molecule is Cc1ccc(O)c(NC(=O)c2cccc(N3CCOC3=O)c2)c1. The summed E-state index contributed by atoms with van der Waals surface area (Å²) in [5.74, 6) is -0.358. The molecule has 0 spiro atoms. The first-order valence-electron chi connectivity index (χ1n) is 7.20. The molecule has 6 heteroatoms. The third-order valence-electron chi connectivity index (χ3n) is 3.58. The minimum absolute atomic E-state index is 0.00299. The maximum atomic E-state index is 12.4. The van der Waals surface area contributed by atoms with Crippen LogP contribution < -0.4 is 10.2 Å². The number of nitrogens with one attached hydrogen (secondary N) is 1. The average Bonchev–Trinajstić information content (AvgIpc) is 2.97. The van der Waals surface area contributed by atoms with Crippen molar-refractivity contribution < 1.29 is 19.4 Å². The molecule has 3 rings (SSSR count). The Morgan fingerprint density at radius 2 is 2.09 bits per heavy atom. The lowest BCUT2D eigenvalue weighted by Crippen LogP contribution is -2.23. The number of hydrogen-bond acceptors (Lipinski definition) is 4. The summed E-state index contributed by atoms with van der Waals surface area (Å²) in [6.07, 6.45) is -0.418. The van der Waals surface area contributed by atoms with E-state index >= 15 is 0 Å². The molecule has 0 atom stereocenters. The van der Waals surface area contributed by atoms with Gasteiger partial charge >= 0.3 is 6.09 Å². The minimum Gasteiger partial charge on any atom is -0.506 e. The number of phenols is 1. The summed E-state index contributed by atoms with van der Waals surface area (Å²) >= 11 is 0. The highest BCUT2D eigenvalue weighted by Gasteiger charge is 2.24. The third-order valence-corrected chi connectivity index (χ3v) is 3.58. The van der Waals surface area contributed by atoms with E-state index in [4.69, 9.17) is 4.74 Å². The van der Waals surface area contributed by atoms with Gasteiger partial charge in [0.15, 0.2) is 0 Å². The molecule has 23 heavy (non-hydrogen) atoms. The van der Waals surface area contributed by atoms with Crippen LogP contribution in [0.2, 0.25) is 0 Å². The fourth-order valence-electron chi connectivity index (χ4n) is 2.39. The molecule has 1 saturated heterocycles. The van der Waals surface area contributed by atoms with Gasteiger partial charge in [0.1, 0.15) is 12.4 Å². The van der Waals surface area contributed by atoms with Gasteiger partial charge < -0.3 is 15.2 Å². The summed E-state index contributed by atoms with van der Waals surface area (Å²) < 4.78 is 4.90. The number of phenolic OH excluding ortho intramolecular Hbond substituents is 1. The Bertz CT molecular complexity index is 773. The van der Waals surface area contributed by atoms with Crippen molar-refractivity contribution in [2.24, 2.45) is 0 Å². The zero-order chi connectivity index (χ0) is 16.4. The Morgan fingerprint density at radius 1 is 1.26 bits per heavy atom. The van der Waals surface area contributed by atoms with Crippen LogP contribution in [-0.2, 0) is 4.74 Å². The van der Waals surface area contributed by atoms with Crippen molar-refractivity contribution in [2.75, 3.05) is 23.4 Å². The quantitative estimate of drug-likeness (QED) is 0.854. The predicted octanol–water partition coefficient (Wildman–Crippen LogP) is 2.91. The van der Waals surface area contributed by atoms with E-state index in [1.807, 2.05) is 6.92 Å². The summed E-state index contributed by atoms with van der Waals surface area (Å²) in [4.78, 5) is 25.4. The second-order valence-electron chi connectivity index (χ2n) is 5.29. The molecule has 2 N–H and O–H groups in total. The van der Waals surface area contributed by atoms with Crippen molar-refractivity contribution >= 4 is 23.4 Å². The highest BCUT2D eigenvalue weighted by atomic mass is 16.6. The maximum Gasteiger partial charge on any atom is 0.414 e. The molecule has 0 aliphatic carbocycles. The molecule has 0 bridgehead atoms. The van der Waals surface area contributed by atoms with E-state index in [0.29, 0.717) is 30.1 Å². The molecule has 1 aliphatic rings. The summed E-state index contributed by atoms with van der Waals surface area (Å²) in [5, 5.41) is 12.5. The Labute approximate surface area is 133 Å². The number of aryl methyl sites for hydroxylation is 1. The Balaban J connectivity index is 1.82. The minimum atomic E-state index is -0.418. The van der Waals surface area contributed by atoms with E-state index < -0.39 is 6.09 Å². The molecule has 2 aromatic rings. The molecule has 118 valence electrons. The molecule has 0 saturated carbocycles. The summed E-state index contributed by atoms with van der Waals surface area (Å²) in [5.41, 5.74) is 2.27. The molecular formula is C17H16N2O4. The van der Waals surface area contributed by atoms with Gasteiger partial charge in [0.25, 0.3) is 5.91 Å². The Hall–Kier alpha value is -3.02. The van der Waals surface area contributed by atoms with Gasteiger partial charge in [-0.15, -0.1) is 0 Å². The van der Waals surface area contributed by atoms with E-state index in [1.54, 1.807) is 36.4 Å². The molecule has 1 heterocycles. The van der Waals surface area contributed by atoms with Crippen molar-refractivity contribution in [3.8, 4) is 5.75 Å². The highest BCUT2D eigenvalue weighted by Crippen LogP contribution is 2.25. The molecule has 2 aromatic carbocycles. The number of rotatable bonds is 3. The van der Waals surface area contributed by atoms with Crippen LogP contribution >= 0.6 is 0 Å². The monoisotopic (exact) mass is 312 g/mol. The number of carbonyl (C=O) groups excluding carboxylic acids is 2. The lowest BCUT2D eigenvalue weighted by Gasteiger charge is -2.14. The number of cyclic esters (lactones) is 1. The number of hydrogen-bond donors (Lipinski definition) is 2. The van der Waals surface area contributed by atoms with Crippen LogP contribution in [0, 0.1) is 6.92 Å². The number of aromatic hydroxyl groups is 1. The average molecular weight is 312 g/mol. The van der Waals surface area contributed by atoms with E-state index in [1.165, 1.54) is 11.0 Å². The Morgan fingerprint density at radius 3 is 2.83 bits per heavy atom. The zero-order valence-electron chi connectivity index (χ0n) is 12.6. The van der Waals surface area contributed by atoms with Gasteiger partial charge in [0, 0.05) is 11.3 Å².